The van der Waals surface area contributed by atoms with E-state index in [0.29, 0.717) is 0 Å². The molecule has 0 radical (unpaired) electrons. The maximum Gasteiger partial charge on any atom is 0.122 e. The fourth-order valence-electron chi connectivity index (χ4n) is 1.81. The summed E-state index contributed by atoms with van der Waals surface area (Å²) in [6.45, 7) is 6.97. The van der Waals surface area contributed by atoms with Gasteiger partial charge >= 0.3 is 0 Å². The Morgan fingerprint density at radius 1 is 1.41 bits per heavy atom. The fraction of sp³-hybridized carbons (Fsp3) is 0.467. The van der Waals surface area contributed by atoms with Crippen molar-refractivity contribution in [3.63, 3.8) is 0 Å². The highest BCUT2D eigenvalue weighted by Gasteiger charge is 2.10. The first-order chi connectivity index (χ1) is 8.22. The molecule has 2 nitrogen and oxygen atoms in total. The minimum Gasteiger partial charge on any atom is -0.496 e. The molecule has 0 aliphatic rings. The SMILES string of the molecule is CC#CCC(NCC)c1ccc(C)c(OC)c1. The molecule has 1 aromatic carbocycles. The molecule has 1 aromatic rings. The summed E-state index contributed by atoms with van der Waals surface area (Å²) in [6.07, 6.45) is 0.830. The Kier molecular flexibility index (Phi) is 5.59. The third kappa shape index (κ3) is 3.80. The van der Waals surface area contributed by atoms with E-state index in [0.717, 1.165) is 24.3 Å². The highest BCUT2D eigenvalue weighted by Crippen LogP contribution is 2.24. The van der Waals surface area contributed by atoms with Gasteiger partial charge in [0, 0.05) is 12.5 Å². The van der Waals surface area contributed by atoms with E-state index in [1.807, 2.05) is 6.92 Å². The van der Waals surface area contributed by atoms with E-state index in [2.05, 4.69) is 49.2 Å². The van der Waals surface area contributed by atoms with Crippen LogP contribution < -0.4 is 10.1 Å². The van der Waals surface area contributed by atoms with Gasteiger partial charge < -0.3 is 10.1 Å². The first-order valence-electron chi connectivity index (χ1n) is 6.00. The van der Waals surface area contributed by atoms with Crippen LogP contribution in [0.15, 0.2) is 18.2 Å². The van der Waals surface area contributed by atoms with Crippen molar-refractivity contribution in [1.29, 1.82) is 0 Å². The van der Waals surface area contributed by atoms with E-state index in [1.54, 1.807) is 7.11 Å². The van der Waals surface area contributed by atoms with Gasteiger partial charge in [-0.1, -0.05) is 19.1 Å². The monoisotopic (exact) mass is 231 g/mol. The van der Waals surface area contributed by atoms with Crippen LogP contribution in [0.2, 0.25) is 0 Å². The van der Waals surface area contributed by atoms with Crippen LogP contribution in [0.25, 0.3) is 0 Å². The number of ether oxygens (including phenoxy) is 1. The zero-order valence-electron chi connectivity index (χ0n) is 11.1. The minimum atomic E-state index is 0.280. The summed E-state index contributed by atoms with van der Waals surface area (Å²) in [5.74, 6) is 7.02. The van der Waals surface area contributed by atoms with Gasteiger partial charge in [0.05, 0.1) is 7.11 Å². The summed E-state index contributed by atoms with van der Waals surface area (Å²) in [6, 6.07) is 6.61. The lowest BCUT2D eigenvalue weighted by Crippen LogP contribution is -2.20. The molecular formula is C15H21NO. The number of benzene rings is 1. The summed E-state index contributed by atoms with van der Waals surface area (Å²) < 4.78 is 5.35. The zero-order chi connectivity index (χ0) is 12.7. The molecule has 1 unspecified atom stereocenters. The Bertz CT molecular complexity index is 415. The van der Waals surface area contributed by atoms with Crippen molar-refractivity contribution in [3.8, 4) is 17.6 Å². The molecule has 1 rings (SSSR count). The summed E-state index contributed by atoms with van der Waals surface area (Å²) in [7, 11) is 1.71. The van der Waals surface area contributed by atoms with Crippen molar-refractivity contribution in [3.05, 3.63) is 29.3 Å². The highest BCUT2D eigenvalue weighted by molar-refractivity contribution is 5.38. The van der Waals surface area contributed by atoms with Crippen molar-refractivity contribution in [2.45, 2.75) is 33.2 Å². The molecule has 0 aliphatic heterocycles. The van der Waals surface area contributed by atoms with Gasteiger partial charge in [-0.25, -0.2) is 0 Å². The van der Waals surface area contributed by atoms with Gasteiger partial charge in [-0.2, -0.15) is 0 Å². The fourth-order valence-corrected chi connectivity index (χ4v) is 1.81. The lowest BCUT2D eigenvalue weighted by molar-refractivity contribution is 0.410. The van der Waals surface area contributed by atoms with Gasteiger partial charge in [0.25, 0.3) is 0 Å². The van der Waals surface area contributed by atoms with E-state index in [4.69, 9.17) is 4.74 Å². The van der Waals surface area contributed by atoms with Gasteiger partial charge in [-0.05, 0) is 37.6 Å². The number of hydrogen-bond acceptors (Lipinski definition) is 2. The largest absolute Gasteiger partial charge is 0.496 e. The Labute approximate surface area is 104 Å². The third-order valence-corrected chi connectivity index (χ3v) is 2.77. The molecule has 0 saturated heterocycles. The Morgan fingerprint density at radius 3 is 2.76 bits per heavy atom. The number of methoxy groups -OCH3 is 1. The Hall–Kier alpha value is -1.46. The standard InChI is InChI=1S/C15H21NO/c1-5-7-8-14(16-6-2)13-10-9-12(3)15(11-13)17-4/h9-11,14,16H,6,8H2,1-4H3. The predicted molar refractivity (Wildman–Crippen MR) is 72.2 cm³/mol. The molecule has 0 bridgehead atoms. The average molecular weight is 231 g/mol. The van der Waals surface area contributed by atoms with Crippen molar-refractivity contribution in [2.75, 3.05) is 13.7 Å². The molecule has 1 atom stereocenters. The summed E-state index contributed by atoms with van der Waals surface area (Å²) in [5, 5.41) is 3.45. The van der Waals surface area contributed by atoms with Crippen molar-refractivity contribution in [1.82, 2.24) is 5.32 Å². The van der Waals surface area contributed by atoms with E-state index < -0.39 is 0 Å². The summed E-state index contributed by atoms with van der Waals surface area (Å²) in [4.78, 5) is 0. The van der Waals surface area contributed by atoms with Gasteiger partial charge in [-0.3, -0.25) is 0 Å². The third-order valence-electron chi connectivity index (χ3n) is 2.77. The molecule has 0 heterocycles. The van der Waals surface area contributed by atoms with Gasteiger partial charge in [-0.15, -0.1) is 11.8 Å². The molecule has 0 aliphatic carbocycles. The van der Waals surface area contributed by atoms with E-state index in [9.17, 15) is 0 Å². The van der Waals surface area contributed by atoms with Crippen LogP contribution in [-0.4, -0.2) is 13.7 Å². The van der Waals surface area contributed by atoms with Crippen LogP contribution in [0.5, 0.6) is 5.75 Å². The Morgan fingerprint density at radius 2 is 2.18 bits per heavy atom. The molecule has 17 heavy (non-hydrogen) atoms. The van der Waals surface area contributed by atoms with E-state index in [1.165, 1.54) is 5.56 Å². The maximum absolute atomic E-state index is 5.35. The number of aryl methyl sites for hydroxylation is 1. The van der Waals surface area contributed by atoms with E-state index >= 15 is 0 Å². The summed E-state index contributed by atoms with van der Waals surface area (Å²) >= 11 is 0. The van der Waals surface area contributed by atoms with Gasteiger partial charge in [0.2, 0.25) is 0 Å². The molecule has 0 saturated carbocycles. The number of nitrogens with one attached hydrogen (secondary N) is 1. The van der Waals surface area contributed by atoms with Crippen LogP contribution >= 0.6 is 0 Å². The molecular weight excluding hydrogens is 210 g/mol. The van der Waals surface area contributed by atoms with Crippen LogP contribution in [0.4, 0.5) is 0 Å². The van der Waals surface area contributed by atoms with Gasteiger partial charge in [0.15, 0.2) is 0 Å². The molecule has 1 N–H and O–H groups in total. The zero-order valence-corrected chi connectivity index (χ0v) is 11.1. The second-order valence-electron chi connectivity index (χ2n) is 3.97. The van der Waals surface area contributed by atoms with Crippen LogP contribution in [-0.2, 0) is 0 Å². The molecule has 0 fully saturated rings. The van der Waals surface area contributed by atoms with Crippen LogP contribution in [0, 0.1) is 18.8 Å². The van der Waals surface area contributed by atoms with E-state index in [-0.39, 0.29) is 6.04 Å². The lowest BCUT2D eigenvalue weighted by atomic mass is 10.0. The smallest absolute Gasteiger partial charge is 0.122 e. The molecule has 0 amide bonds. The van der Waals surface area contributed by atoms with Crippen molar-refractivity contribution >= 4 is 0 Å². The Balaban J connectivity index is 2.95. The minimum absolute atomic E-state index is 0.280. The molecule has 92 valence electrons. The molecule has 0 aromatic heterocycles. The van der Waals surface area contributed by atoms with Crippen LogP contribution in [0.1, 0.15) is 37.4 Å². The van der Waals surface area contributed by atoms with Crippen molar-refractivity contribution < 1.29 is 4.74 Å². The predicted octanol–water partition coefficient (Wildman–Crippen LogP) is 3.07. The second-order valence-corrected chi connectivity index (χ2v) is 3.97. The van der Waals surface area contributed by atoms with Gasteiger partial charge in [0.1, 0.15) is 5.75 Å². The highest BCUT2D eigenvalue weighted by atomic mass is 16.5. The molecule has 2 heteroatoms. The summed E-state index contributed by atoms with van der Waals surface area (Å²) in [5.41, 5.74) is 2.39. The average Bonchev–Trinajstić information content (AvgIpc) is 2.35. The second kappa shape index (κ2) is 6.98. The lowest BCUT2D eigenvalue weighted by Gasteiger charge is -2.17. The van der Waals surface area contributed by atoms with Crippen LogP contribution in [0.3, 0.4) is 0 Å². The first kappa shape index (κ1) is 13.6. The van der Waals surface area contributed by atoms with Crippen molar-refractivity contribution in [2.24, 2.45) is 0 Å². The first-order valence-corrected chi connectivity index (χ1v) is 6.00. The normalized spacial score (nSPS) is 11.5. The number of hydrogen-bond donors (Lipinski definition) is 1. The quantitative estimate of drug-likeness (QED) is 0.786. The topological polar surface area (TPSA) is 21.3 Å². The molecule has 0 spiro atoms. The maximum atomic E-state index is 5.35. The number of rotatable bonds is 5.